The van der Waals surface area contributed by atoms with E-state index in [1.54, 1.807) is 5.73 Å². The van der Waals surface area contributed by atoms with Gasteiger partial charge in [0.1, 0.15) is 6.15 Å². The zero-order valence-electron chi connectivity index (χ0n) is 22.7. The summed E-state index contributed by atoms with van der Waals surface area (Å²) in [5.41, 5.74) is -9.74. The predicted molar refractivity (Wildman–Crippen MR) is 139 cm³/mol. The molecule has 0 heterocycles. The normalized spacial score (nSPS) is 13.2. The van der Waals surface area contributed by atoms with Crippen molar-refractivity contribution >= 4 is 28.0 Å². The highest BCUT2D eigenvalue weighted by atomic mass is 19.4. The van der Waals surface area contributed by atoms with E-state index in [9.17, 15) is 65.9 Å². The van der Waals surface area contributed by atoms with E-state index < -0.39 is 81.3 Å². The Balaban J connectivity index is 0.00000107. The van der Waals surface area contributed by atoms with Gasteiger partial charge in [-0.25, -0.2) is 0 Å². The second kappa shape index (κ2) is 12.6. The topological polar surface area (TPSA) is 27.6 Å². The van der Waals surface area contributed by atoms with E-state index in [1.807, 2.05) is 0 Å². The fourth-order valence-electron chi connectivity index (χ4n) is 5.54. The van der Waals surface area contributed by atoms with Crippen molar-refractivity contribution < 1.29 is 71.6 Å². The molecule has 4 aromatic carbocycles. The molecule has 0 fully saturated rings. The van der Waals surface area contributed by atoms with Gasteiger partial charge in [0.05, 0.1) is 0 Å². The minimum Gasteiger partial charge on any atom is -0.264 e. The third-order valence-corrected chi connectivity index (χ3v) is 6.93. The lowest BCUT2D eigenvalue weighted by Gasteiger charge is -2.48. The lowest BCUT2D eigenvalue weighted by Crippen LogP contribution is -2.78. The maximum atomic E-state index is 14.5. The maximum Gasteiger partial charge on any atom is 0.556 e. The summed E-state index contributed by atoms with van der Waals surface area (Å²) in [4.78, 5) is 0. The molecule has 3 N–H and O–H groups in total. The SMILES string of the molecule is FC(F)(F)c1ccccc1[B-](c1ccccc1C(F)(F)F)(c1ccccc1C(F)(F)F)c1ccccc1C(F)(F)F.[NH3+]C(F)(F)F. The summed E-state index contributed by atoms with van der Waals surface area (Å²) in [6.45, 7) is 0. The summed E-state index contributed by atoms with van der Waals surface area (Å²) in [5, 5.41) is 0. The molecule has 0 radical (unpaired) electrons. The summed E-state index contributed by atoms with van der Waals surface area (Å²) in [7, 11) is 0. The zero-order chi connectivity index (χ0) is 34.9. The van der Waals surface area contributed by atoms with Crippen LogP contribution in [0, 0.1) is 0 Å². The van der Waals surface area contributed by atoms with Crippen LogP contribution in [0.15, 0.2) is 97.1 Å². The number of halogens is 15. The summed E-state index contributed by atoms with van der Waals surface area (Å²) in [6.07, 6.45) is -30.3. The van der Waals surface area contributed by atoms with E-state index in [0.717, 1.165) is 48.5 Å². The highest BCUT2D eigenvalue weighted by molar-refractivity contribution is 7.20. The molecule has 0 bridgehead atoms. The minimum atomic E-state index is -5.38. The van der Waals surface area contributed by atoms with E-state index in [2.05, 4.69) is 0 Å². The summed E-state index contributed by atoms with van der Waals surface area (Å²) < 4.78 is 204. The van der Waals surface area contributed by atoms with Crippen molar-refractivity contribution in [2.45, 2.75) is 31.0 Å². The molecule has 0 spiro atoms. The van der Waals surface area contributed by atoms with Crippen LogP contribution in [-0.4, -0.2) is 12.4 Å². The minimum absolute atomic E-state index is 0.411. The molecule has 0 aliphatic carbocycles. The third-order valence-electron chi connectivity index (χ3n) is 6.93. The molecule has 4 rings (SSSR count). The number of hydrogen-bond acceptors (Lipinski definition) is 0. The number of hydrogen-bond donors (Lipinski definition) is 1. The molecule has 17 heteroatoms. The Morgan fingerprint density at radius 2 is 0.478 bits per heavy atom. The van der Waals surface area contributed by atoms with Gasteiger partial charge in [0, 0.05) is 22.3 Å². The van der Waals surface area contributed by atoms with Crippen LogP contribution in [0.5, 0.6) is 0 Å². The smallest absolute Gasteiger partial charge is 0.264 e. The van der Waals surface area contributed by atoms with Crippen molar-refractivity contribution in [3.8, 4) is 0 Å². The van der Waals surface area contributed by atoms with Gasteiger partial charge < -0.3 is 0 Å². The summed E-state index contributed by atoms with van der Waals surface area (Å²) in [6, 6.07) is 11.2. The third kappa shape index (κ3) is 7.80. The zero-order valence-corrected chi connectivity index (χ0v) is 22.7. The first kappa shape index (κ1) is 36.3. The van der Waals surface area contributed by atoms with E-state index in [1.165, 1.54) is 0 Å². The van der Waals surface area contributed by atoms with Gasteiger partial charge in [-0.15, -0.1) is 13.2 Å². The average molecular weight is 677 g/mol. The number of rotatable bonds is 4. The van der Waals surface area contributed by atoms with Gasteiger partial charge in [-0.3, -0.25) is 5.73 Å². The first-order valence-corrected chi connectivity index (χ1v) is 12.7. The molecular weight excluding hydrogens is 658 g/mol. The largest absolute Gasteiger partial charge is 0.556 e. The molecule has 0 aliphatic rings. The fraction of sp³-hybridized carbons (Fsp3) is 0.172. The standard InChI is InChI=1S/C28H16BF12.CH2F3N/c30-25(31,32)17-9-1-5-13-21(17)29(22-14-6-2-10-18(22)26(33,34)35,23-15-7-3-11-19(23)27(36,37)38)24-16-8-4-12-20(24)28(39,40)41;2-1(3,4)5/h1-16H;5H2/q-1;/p+1. The van der Waals surface area contributed by atoms with Crippen molar-refractivity contribution in [2.24, 2.45) is 0 Å². The van der Waals surface area contributed by atoms with Crippen molar-refractivity contribution in [1.82, 2.24) is 0 Å². The second-order valence-corrected chi connectivity index (χ2v) is 9.82. The molecule has 0 unspecified atom stereocenters. The molecule has 46 heavy (non-hydrogen) atoms. The van der Waals surface area contributed by atoms with Gasteiger partial charge in [0.15, 0.2) is 0 Å². The number of alkyl halides is 15. The number of quaternary nitrogens is 1. The highest BCUT2D eigenvalue weighted by Crippen LogP contribution is 2.37. The van der Waals surface area contributed by atoms with Crippen molar-refractivity contribution in [2.75, 3.05) is 0 Å². The van der Waals surface area contributed by atoms with Gasteiger partial charge in [0.25, 0.3) is 0 Å². The Bertz CT molecular complexity index is 1410. The van der Waals surface area contributed by atoms with E-state index in [-0.39, 0.29) is 0 Å². The van der Waals surface area contributed by atoms with Gasteiger partial charge >= 0.3 is 31.0 Å². The molecule has 0 saturated heterocycles. The summed E-state index contributed by atoms with van der Waals surface area (Å²) in [5.74, 6) is 0. The molecule has 0 atom stereocenters. The highest BCUT2D eigenvalue weighted by Gasteiger charge is 2.49. The predicted octanol–water partition coefficient (Wildman–Crippen LogP) is 6.89. The quantitative estimate of drug-likeness (QED) is 0.139. The Morgan fingerprint density at radius 1 is 0.326 bits per heavy atom. The van der Waals surface area contributed by atoms with E-state index in [4.69, 9.17) is 0 Å². The molecule has 1 nitrogen and oxygen atoms in total. The first-order chi connectivity index (χ1) is 20.9. The molecule has 0 saturated carbocycles. The molecule has 0 aliphatic heterocycles. The lowest BCUT2D eigenvalue weighted by molar-refractivity contribution is -0.618. The second-order valence-electron chi connectivity index (χ2n) is 9.82. The monoisotopic (exact) mass is 677 g/mol. The number of benzene rings is 4. The maximum absolute atomic E-state index is 14.5. The fourth-order valence-corrected chi connectivity index (χ4v) is 5.54. The van der Waals surface area contributed by atoms with Crippen LogP contribution in [0.2, 0.25) is 0 Å². The Labute approximate surface area is 250 Å². The van der Waals surface area contributed by atoms with Gasteiger partial charge in [-0.2, -0.15) is 74.5 Å². The van der Waals surface area contributed by atoms with Crippen LogP contribution >= 0.6 is 0 Å². The van der Waals surface area contributed by atoms with Crippen molar-refractivity contribution in [1.29, 1.82) is 0 Å². The average Bonchev–Trinajstić information content (AvgIpc) is 2.92. The van der Waals surface area contributed by atoms with E-state index >= 15 is 0 Å². The van der Waals surface area contributed by atoms with Crippen molar-refractivity contribution in [3.63, 3.8) is 0 Å². The first-order valence-electron chi connectivity index (χ1n) is 12.7. The van der Waals surface area contributed by atoms with Gasteiger partial charge in [-0.05, 0) is 0 Å². The van der Waals surface area contributed by atoms with Crippen LogP contribution in [-0.2, 0) is 24.7 Å². The van der Waals surface area contributed by atoms with Gasteiger partial charge in [-0.1, -0.05) is 97.1 Å². The van der Waals surface area contributed by atoms with Gasteiger partial charge in [0.2, 0.25) is 0 Å². The molecular formula is C29H19BF15N. The molecule has 0 aromatic heterocycles. The summed E-state index contributed by atoms with van der Waals surface area (Å²) >= 11 is 0. The molecule has 4 aromatic rings. The van der Waals surface area contributed by atoms with Crippen molar-refractivity contribution in [3.05, 3.63) is 119 Å². The molecule has 248 valence electrons. The van der Waals surface area contributed by atoms with E-state index in [0.29, 0.717) is 48.5 Å². The van der Waals surface area contributed by atoms with Crippen LogP contribution < -0.4 is 27.6 Å². The molecule has 0 amide bonds. The Morgan fingerprint density at radius 3 is 0.630 bits per heavy atom. The Hall–Kier alpha value is -4.15. The Kier molecular flexibility index (Phi) is 9.93. The van der Waals surface area contributed by atoms with Crippen LogP contribution in [0.4, 0.5) is 65.9 Å². The van der Waals surface area contributed by atoms with Crippen LogP contribution in [0.25, 0.3) is 0 Å². The van der Waals surface area contributed by atoms with Crippen LogP contribution in [0.1, 0.15) is 22.3 Å². The van der Waals surface area contributed by atoms with Crippen LogP contribution in [0.3, 0.4) is 0 Å². The lowest BCUT2D eigenvalue weighted by atomic mass is 9.11.